The molecule has 0 unspecified atom stereocenters. The van der Waals surface area contributed by atoms with Gasteiger partial charge in [-0.15, -0.1) is 0 Å². The molecule has 0 aliphatic heterocycles. The summed E-state index contributed by atoms with van der Waals surface area (Å²) in [6, 6.07) is 20.0. The molecule has 2 aromatic carbocycles. The van der Waals surface area contributed by atoms with E-state index in [1.807, 2.05) is 26.2 Å². The van der Waals surface area contributed by atoms with Gasteiger partial charge in [0, 0.05) is 55.8 Å². The molecular weight excluding hydrogens is 390 g/mol. The molecule has 0 aliphatic rings. The second kappa shape index (κ2) is 9.25. The van der Waals surface area contributed by atoms with Crippen LogP contribution in [-0.4, -0.2) is 19.2 Å². The molecular formula is C21H24BrN3O. The third kappa shape index (κ3) is 5.49. The fourth-order valence-corrected chi connectivity index (χ4v) is 2.65. The molecule has 0 saturated heterocycles. The Kier molecular flexibility index (Phi) is 7.04. The quantitative estimate of drug-likeness (QED) is 0.575. The molecule has 0 spiro atoms. The minimum absolute atomic E-state index is 0. The van der Waals surface area contributed by atoms with Gasteiger partial charge in [-0.2, -0.15) is 0 Å². The fourth-order valence-electron chi connectivity index (χ4n) is 2.65. The normalized spacial score (nSPS) is 10.1. The lowest BCUT2D eigenvalue weighted by atomic mass is 10.1. The third-order valence-electron chi connectivity index (χ3n) is 4.12. The van der Waals surface area contributed by atoms with E-state index in [9.17, 15) is 5.11 Å². The van der Waals surface area contributed by atoms with Gasteiger partial charge in [0.1, 0.15) is 5.75 Å². The van der Waals surface area contributed by atoms with Crippen LogP contribution in [-0.2, 0) is 13.1 Å². The van der Waals surface area contributed by atoms with Gasteiger partial charge in [-0.05, 0) is 17.7 Å². The van der Waals surface area contributed by atoms with E-state index in [2.05, 4.69) is 63.6 Å². The average molecular weight is 414 g/mol. The van der Waals surface area contributed by atoms with Gasteiger partial charge in [-0.3, -0.25) is 0 Å². The first-order valence-corrected chi connectivity index (χ1v) is 8.37. The molecule has 0 atom stereocenters. The van der Waals surface area contributed by atoms with Gasteiger partial charge in [0.25, 0.3) is 0 Å². The SMILES string of the molecule is CN(C)c1cc[n+](Cc2ccc(CNc3cccc(O)c3)cc2)cc1.[Br-]. The number of benzene rings is 2. The van der Waals surface area contributed by atoms with Crippen LogP contribution in [0.25, 0.3) is 0 Å². The Morgan fingerprint density at radius 2 is 1.58 bits per heavy atom. The van der Waals surface area contributed by atoms with Crippen LogP contribution in [0.4, 0.5) is 11.4 Å². The lowest BCUT2D eigenvalue weighted by Crippen LogP contribution is -3.00. The first-order chi connectivity index (χ1) is 12.1. The lowest BCUT2D eigenvalue weighted by Gasteiger charge is -2.10. The van der Waals surface area contributed by atoms with Crippen molar-refractivity contribution in [3.05, 3.63) is 84.2 Å². The number of phenols is 1. The van der Waals surface area contributed by atoms with E-state index in [1.165, 1.54) is 16.8 Å². The van der Waals surface area contributed by atoms with Crippen molar-refractivity contribution in [2.24, 2.45) is 0 Å². The van der Waals surface area contributed by atoms with Gasteiger partial charge < -0.3 is 32.3 Å². The van der Waals surface area contributed by atoms with Gasteiger partial charge in [-0.25, -0.2) is 4.57 Å². The van der Waals surface area contributed by atoms with E-state index in [-0.39, 0.29) is 22.7 Å². The third-order valence-corrected chi connectivity index (χ3v) is 4.12. The van der Waals surface area contributed by atoms with Crippen LogP contribution in [0.1, 0.15) is 11.1 Å². The highest BCUT2D eigenvalue weighted by atomic mass is 79.9. The van der Waals surface area contributed by atoms with Crippen molar-refractivity contribution in [3.8, 4) is 5.75 Å². The van der Waals surface area contributed by atoms with Gasteiger partial charge in [-0.1, -0.05) is 30.3 Å². The Morgan fingerprint density at radius 3 is 2.19 bits per heavy atom. The Morgan fingerprint density at radius 1 is 0.923 bits per heavy atom. The van der Waals surface area contributed by atoms with Crippen LogP contribution in [0, 0.1) is 0 Å². The Balaban J connectivity index is 0.00000243. The van der Waals surface area contributed by atoms with Crippen molar-refractivity contribution in [1.82, 2.24) is 0 Å². The van der Waals surface area contributed by atoms with E-state index in [0.717, 1.165) is 18.8 Å². The molecule has 0 fully saturated rings. The first kappa shape index (κ1) is 19.8. The number of aromatic nitrogens is 1. The van der Waals surface area contributed by atoms with Gasteiger partial charge >= 0.3 is 0 Å². The van der Waals surface area contributed by atoms with Crippen LogP contribution in [0.5, 0.6) is 5.75 Å². The molecule has 1 aromatic heterocycles. The molecule has 0 radical (unpaired) electrons. The number of phenolic OH excluding ortho intramolecular Hbond substituents is 1. The molecule has 0 amide bonds. The highest BCUT2D eigenvalue weighted by Gasteiger charge is 2.04. The first-order valence-electron chi connectivity index (χ1n) is 8.37. The van der Waals surface area contributed by atoms with E-state index in [0.29, 0.717) is 0 Å². The molecule has 3 aromatic rings. The number of nitrogens with zero attached hydrogens (tertiary/aromatic N) is 2. The molecule has 5 heteroatoms. The monoisotopic (exact) mass is 413 g/mol. The second-order valence-corrected chi connectivity index (χ2v) is 6.34. The molecule has 4 nitrogen and oxygen atoms in total. The molecule has 0 aliphatic carbocycles. The second-order valence-electron chi connectivity index (χ2n) is 6.34. The van der Waals surface area contributed by atoms with E-state index in [1.54, 1.807) is 12.1 Å². The predicted octanol–water partition coefficient (Wildman–Crippen LogP) is 0.410. The largest absolute Gasteiger partial charge is 1.00 e. The number of aromatic hydroxyl groups is 1. The van der Waals surface area contributed by atoms with Gasteiger partial charge in [0.15, 0.2) is 18.9 Å². The summed E-state index contributed by atoms with van der Waals surface area (Å²) < 4.78 is 2.17. The number of hydrogen-bond acceptors (Lipinski definition) is 3. The van der Waals surface area contributed by atoms with E-state index < -0.39 is 0 Å². The highest BCUT2D eigenvalue weighted by Crippen LogP contribution is 2.16. The molecule has 1 heterocycles. The average Bonchev–Trinajstić information content (AvgIpc) is 2.62. The summed E-state index contributed by atoms with van der Waals surface area (Å²) in [6.07, 6.45) is 4.21. The summed E-state index contributed by atoms with van der Waals surface area (Å²) in [5.41, 5.74) is 4.59. The number of nitrogens with one attached hydrogen (secondary N) is 1. The van der Waals surface area contributed by atoms with Crippen LogP contribution < -0.4 is 31.8 Å². The summed E-state index contributed by atoms with van der Waals surface area (Å²) in [5, 5.41) is 12.8. The predicted molar refractivity (Wildman–Crippen MR) is 102 cm³/mol. The molecule has 26 heavy (non-hydrogen) atoms. The smallest absolute Gasteiger partial charge is 0.173 e. The zero-order valence-corrected chi connectivity index (χ0v) is 16.6. The Bertz CT molecular complexity index is 817. The van der Waals surface area contributed by atoms with Crippen LogP contribution >= 0.6 is 0 Å². The van der Waals surface area contributed by atoms with Gasteiger partial charge in [0.05, 0.1) is 0 Å². The molecule has 2 N–H and O–H groups in total. The number of pyridine rings is 1. The topological polar surface area (TPSA) is 39.4 Å². The van der Waals surface area contributed by atoms with Crippen LogP contribution in [0.2, 0.25) is 0 Å². The van der Waals surface area contributed by atoms with Crippen molar-refractivity contribution in [2.75, 3.05) is 24.3 Å². The summed E-state index contributed by atoms with van der Waals surface area (Å²) in [7, 11) is 4.09. The maximum atomic E-state index is 9.49. The van der Waals surface area contributed by atoms with Gasteiger partial charge in [0.2, 0.25) is 0 Å². The lowest BCUT2D eigenvalue weighted by molar-refractivity contribution is -0.688. The number of anilines is 2. The minimum Gasteiger partial charge on any atom is -1.00 e. The zero-order chi connectivity index (χ0) is 17.6. The van der Waals surface area contributed by atoms with E-state index in [4.69, 9.17) is 0 Å². The number of hydrogen-bond donors (Lipinski definition) is 2. The van der Waals surface area contributed by atoms with Crippen LogP contribution in [0.3, 0.4) is 0 Å². The van der Waals surface area contributed by atoms with Crippen molar-refractivity contribution < 1.29 is 26.7 Å². The van der Waals surface area contributed by atoms with Crippen LogP contribution in [0.15, 0.2) is 73.1 Å². The fraction of sp³-hybridized carbons (Fsp3) is 0.190. The van der Waals surface area contributed by atoms with Crippen molar-refractivity contribution >= 4 is 11.4 Å². The Hall–Kier alpha value is -2.53. The molecule has 0 saturated carbocycles. The maximum Gasteiger partial charge on any atom is 0.173 e. The number of halogens is 1. The highest BCUT2D eigenvalue weighted by molar-refractivity contribution is 5.48. The van der Waals surface area contributed by atoms with E-state index >= 15 is 0 Å². The summed E-state index contributed by atoms with van der Waals surface area (Å²) in [4.78, 5) is 2.10. The molecule has 0 bridgehead atoms. The Labute approximate surface area is 165 Å². The maximum absolute atomic E-state index is 9.49. The molecule has 136 valence electrons. The van der Waals surface area contributed by atoms with Crippen molar-refractivity contribution in [3.63, 3.8) is 0 Å². The molecule has 3 rings (SSSR count). The summed E-state index contributed by atoms with van der Waals surface area (Å²) in [6.45, 7) is 1.59. The summed E-state index contributed by atoms with van der Waals surface area (Å²) in [5.74, 6) is 0.276. The summed E-state index contributed by atoms with van der Waals surface area (Å²) >= 11 is 0. The standard InChI is InChI=1S/C21H23N3O.BrH/c1-23(2)20-10-12-24(13-11-20)16-18-8-6-17(7-9-18)15-22-19-4-3-5-21(25)14-19;/h3-14,22H,15-16H2,1-2H3;1H. The van der Waals surface area contributed by atoms with Crippen molar-refractivity contribution in [1.29, 1.82) is 0 Å². The number of rotatable bonds is 6. The minimum atomic E-state index is 0. The van der Waals surface area contributed by atoms with Crippen molar-refractivity contribution in [2.45, 2.75) is 13.1 Å². The zero-order valence-electron chi connectivity index (χ0n) is 15.1.